The number of amides is 1. The van der Waals surface area contributed by atoms with Gasteiger partial charge < -0.3 is 0 Å². The molecule has 0 aromatic heterocycles. The van der Waals surface area contributed by atoms with Crippen LogP contribution in [0.3, 0.4) is 0 Å². The number of hydrogen-bond donors (Lipinski definition) is 1. The van der Waals surface area contributed by atoms with Gasteiger partial charge in [-0.05, 0) is 32.1 Å². The maximum absolute atomic E-state index is 12.1. The Morgan fingerprint density at radius 1 is 0.913 bits per heavy atom. The van der Waals surface area contributed by atoms with Gasteiger partial charge in [0, 0.05) is 5.71 Å². The van der Waals surface area contributed by atoms with Gasteiger partial charge >= 0.3 is 0 Å². The van der Waals surface area contributed by atoms with E-state index in [9.17, 15) is 13.2 Å². The minimum atomic E-state index is -3.02. The minimum absolute atomic E-state index is 0.0241. The van der Waals surface area contributed by atoms with Gasteiger partial charge in [-0.1, -0.05) is 44.9 Å². The molecule has 5 nitrogen and oxygen atoms in total. The number of sulfone groups is 1. The Morgan fingerprint density at radius 3 is 1.91 bits per heavy atom. The van der Waals surface area contributed by atoms with E-state index in [0.717, 1.165) is 31.4 Å². The van der Waals surface area contributed by atoms with E-state index in [-0.39, 0.29) is 17.4 Å². The zero-order chi connectivity index (χ0) is 16.5. The minimum Gasteiger partial charge on any atom is -0.273 e. The van der Waals surface area contributed by atoms with Crippen molar-refractivity contribution in [1.82, 2.24) is 5.43 Å². The lowest BCUT2D eigenvalue weighted by molar-refractivity contribution is -0.124. The monoisotopic (exact) mass is 342 g/mol. The summed E-state index contributed by atoms with van der Waals surface area (Å²) >= 11 is 0. The molecule has 132 valence electrons. The number of hydrazone groups is 1. The first-order valence-electron chi connectivity index (χ1n) is 9.12. The molecule has 1 atom stereocenters. The normalized spacial score (nSPS) is 26.8. The van der Waals surface area contributed by atoms with E-state index in [4.69, 9.17) is 0 Å². The van der Waals surface area contributed by atoms with Gasteiger partial charge in [-0.25, -0.2) is 13.8 Å². The molecule has 1 aliphatic heterocycles. The van der Waals surface area contributed by atoms with Gasteiger partial charge in [0.2, 0.25) is 5.91 Å². The molecular weight excluding hydrogens is 312 g/mol. The molecule has 2 fully saturated rings. The molecule has 1 saturated carbocycles. The van der Waals surface area contributed by atoms with Gasteiger partial charge in [0.05, 0.1) is 17.4 Å². The number of nitrogens with zero attached hydrogens (tertiary/aromatic N) is 1. The van der Waals surface area contributed by atoms with Crippen LogP contribution in [0.1, 0.15) is 77.0 Å². The van der Waals surface area contributed by atoms with Gasteiger partial charge in [-0.3, -0.25) is 4.79 Å². The van der Waals surface area contributed by atoms with Gasteiger partial charge in [0.1, 0.15) is 0 Å². The van der Waals surface area contributed by atoms with Crippen molar-refractivity contribution in [1.29, 1.82) is 0 Å². The number of carbonyl (C=O) groups is 1. The second kappa shape index (κ2) is 9.40. The summed E-state index contributed by atoms with van der Waals surface area (Å²) < 4.78 is 22.9. The highest BCUT2D eigenvalue weighted by Gasteiger charge is 2.32. The molecule has 1 aliphatic carbocycles. The van der Waals surface area contributed by atoms with E-state index < -0.39 is 15.8 Å². The fraction of sp³-hybridized carbons (Fsp3) is 0.882. The smallest absolute Gasteiger partial charge is 0.244 e. The third kappa shape index (κ3) is 7.02. The Bertz CT molecular complexity index is 500. The fourth-order valence-corrected chi connectivity index (χ4v) is 5.10. The SMILES string of the molecule is O=C(NN=C1CCCCCCCCCCC1)[C@@H]1CCS(=O)(=O)C1. The number of hydrogen-bond acceptors (Lipinski definition) is 4. The molecule has 0 radical (unpaired) electrons. The van der Waals surface area contributed by atoms with Gasteiger partial charge in [-0.2, -0.15) is 5.10 Å². The fourth-order valence-electron chi connectivity index (χ4n) is 3.36. The molecule has 6 heteroatoms. The molecule has 2 rings (SSSR count). The molecule has 1 N–H and O–H groups in total. The van der Waals surface area contributed by atoms with Crippen LogP contribution in [0, 0.1) is 5.92 Å². The summed E-state index contributed by atoms with van der Waals surface area (Å²) in [6, 6.07) is 0. The predicted molar refractivity (Wildman–Crippen MR) is 93.1 cm³/mol. The highest BCUT2D eigenvalue weighted by atomic mass is 32.2. The lowest BCUT2D eigenvalue weighted by Gasteiger charge is -2.11. The van der Waals surface area contributed by atoms with Gasteiger partial charge in [-0.15, -0.1) is 0 Å². The van der Waals surface area contributed by atoms with Crippen molar-refractivity contribution in [3.63, 3.8) is 0 Å². The van der Waals surface area contributed by atoms with Crippen LogP contribution in [0.15, 0.2) is 5.10 Å². The molecule has 0 aromatic rings. The number of rotatable bonds is 2. The van der Waals surface area contributed by atoms with E-state index >= 15 is 0 Å². The van der Waals surface area contributed by atoms with Gasteiger partial charge in [0.25, 0.3) is 0 Å². The van der Waals surface area contributed by atoms with Crippen LogP contribution >= 0.6 is 0 Å². The molecule has 2 aliphatic rings. The summed E-state index contributed by atoms with van der Waals surface area (Å²) in [7, 11) is -3.02. The lowest BCUT2D eigenvalue weighted by atomic mass is 10.00. The standard InChI is InChI=1S/C17H30N2O3S/c20-17(15-12-13-23(21,22)14-15)19-18-16-10-8-6-4-2-1-3-5-7-9-11-16/h15H,1-14H2,(H,19,20)/t15-/m1/s1. The topological polar surface area (TPSA) is 75.6 Å². The molecule has 0 bridgehead atoms. The van der Waals surface area contributed by atoms with Crippen LogP contribution in [-0.4, -0.2) is 31.5 Å². The van der Waals surface area contributed by atoms with Crippen LogP contribution in [0.4, 0.5) is 0 Å². The number of carbonyl (C=O) groups excluding carboxylic acids is 1. The molecule has 1 saturated heterocycles. The van der Waals surface area contributed by atoms with Crippen LogP contribution in [0.5, 0.6) is 0 Å². The van der Waals surface area contributed by atoms with Crippen LogP contribution in [0.25, 0.3) is 0 Å². The average Bonchev–Trinajstić information content (AvgIpc) is 2.87. The molecule has 0 spiro atoms. The Kier molecular flexibility index (Phi) is 7.53. The maximum Gasteiger partial charge on any atom is 0.244 e. The molecule has 1 heterocycles. The van der Waals surface area contributed by atoms with Crippen LogP contribution < -0.4 is 5.43 Å². The Labute approximate surface area is 140 Å². The summed E-state index contributed by atoms with van der Waals surface area (Å²) in [6.45, 7) is 0. The molecular formula is C17H30N2O3S. The van der Waals surface area contributed by atoms with Crippen molar-refractivity contribution in [3.05, 3.63) is 0 Å². The van der Waals surface area contributed by atoms with Crippen molar-refractivity contribution in [2.45, 2.75) is 77.0 Å². The highest BCUT2D eigenvalue weighted by molar-refractivity contribution is 7.91. The molecule has 0 unspecified atom stereocenters. The average molecular weight is 343 g/mol. The van der Waals surface area contributed by atoms with Crippen molar-refractivity contribution < 1.29 is 13.2 Å². The third-order valence-corrected chi connectivity index (χ3v) is 6.63. The zero-order valence-electron chi connectivity index (χ0n) is 14.1. The predicted octanol–water partition coefficient (Wildman–Crippen LogP) is 3.20. The van der Waals surface area contributed by atoms with Crippen molar-refractivity contribution in [2.75, 3.05) is 11.5 Å². The molecule has 0 aromatic carbocycles. The summed E-state index contributed by atoms with van der Waals surface area (Å²) in [5.41, 5.74) is 3.70. The van der Waals surface area contributed by atoms with Gasteiger partial charge in [0.15, 0.2) is 9.84 Å². The van der Waals surface area contributed by atoms with E-state index in [1.165, 1.54) is 44.9 Å². The first-order valence-corrected chi connectivity index (χ1v) is 10.9. The Morgan fingerprint density at radius 2 is 1.43 bits per heavy atom. The molecule has 1 amide bonds. The summed E-state index contributed by atoms with van der Waals surface area (Å²) in [5, 5.41) is 4.33. The largest absolute Gasteiger partial charge is 0.273 e. The van der Waals surface area contributed by atoms with E-state index in [1.54, 1.807) is 0 Å². The van der Waals surface area contributed by atoms with E-state index in [1.807, 2.05) is 0 Å². The lowest BCUT2D eigenvalue weighted by Crippen LogP contribution is -2.28. The van der Waals surface area contributed by atoms with Crippen molar-refractivity contribution in [3.8, 4) is 0 Å². The highest BCUT2D eigenvalue weighted by Crippen LogP contribution is 2.19. The summed E-state index contributed by atoms with van der Waals surface area (Å²) in [6.07, 6.45) is 13.7. The van der Waals surface area contributed by atoms with Crippen molar-refractivity contribution in [2.24, 2.45) is 11.0 Å². The summed E-state index contributed by atoms with van der Waals surface area (Å²) in [5.74, 6) is -0.550. The van der Waals surface area contributed by atoms with Crippen LogP contribution in [-0.2, 0) is 14.6 Å². The number of nitrogens with one attached hydrogen (secondary N) is 1. The zero-order valence-corrected chi connectivity index (χ0v) is 14.9. The first kappa shape index (κ1) is 18.4. The van der Waals surface area contributed by atoms with E-state index in [0.29, 0.717) is 6.42 Å². The first-order chi connectivity index (χ1) is 11.1. The van der Waals surface area contributed by atoms with E-state index in [2.05, 4.69) is 10.5 Å². The Balaban J connectivity index is 1.83. The van der Waals surface area contributed by atoms with Crippen LogP contribution in [0.2, 0.25) is 0 Å². The second-order valence-corrected chi connectivity index (χ2v) is 9.16. The molecule has 23 heavy (non-hydrogen) atoms. The maximum atomic E-state index is 12.1. The van der Waals surface area contributed by atoms with Crippen molar-refractivity contribution >= 4 is 21.5 Å². The second-order valence-electron chi connectivity index (χ2n) is 6.94. The Hall–Kier alpha value is -0.910. The quantitative estimate of drug-likeness (QED) is 0.783. The third-order valence-electron chi connectivity index (χ3n) is 4.86. The summed E-state index contributed by atoms with van der Waals surface area (Å²) in [4.78, 5) is 12.1.